The second-order valence-electron chi connectivity index (χ2n) is 8.86. The Morgan fingerprint density at radius 1 is 1.29 bits per heavy atom. The van der Waals surface area contributed by atoms with Crippen LogP contribution in [0.25, 0.3) is 0 Å². The molecule has 1 heterocycles. The summed E-state index contributed by atoms with van der Waals surface area (Å²) < 4.78 is 6.06. The second kappa shape index (κ2) is 11.6. The summed E-state index contributed by atoms with van der Waals surface area (Å²) in [5.41, 5.74) is 0.0965. The van der Waals surface area contributed by atoms with E-state index in [1.807, 2.05) is 18.7 Å². The molecule has 0 aromatic heterocycles. The van der Waals surface area contributed by atoms with Gasteiger partial charge in [-0.05, 0) is 26.2 Å². The summed E-state index contributed by atoms with van der Waals surface area (Å²) in [6.07, 6.45) is 4.60. The van der Waals surface area contributed by atoms with Crippen molar-refractivity contribution in [3.05, 3.63) is 0 Å². The van der Waals surface area contributed by atoms with Gasteiger partial charge in [-0.25, -0.2) is 0 Å². The van der Waals surface area contributed by atoms with Crippen LogP contribution in [-0.4, -0.2) is 61.2 Å². The summed E-state index contributed by atoms with van der Waals surface area (Å²) in [5.74, 6) is 1.17. The summed E-state index contributed by atoms with van der Waals surface area (Å²) in [6.45, 7) is 15.9. The highest BCUT2D eigenvalue weighted by atomic mass is 127. The number of hydrogen-bond acceptors (Lipinski definition) is 3. The molecule has 1 aliphatic heterocycles. The third-order valence-electron chi connectivity index (χ3n) is 5.96. The lowest BCUT2D eigenvalue weighted by molar-refractivity contribution is -0.133. The fourth-order valence-corrected chi connectivity index (χ4v) is 3.88. The number of carbonyl (C=O) groups is 1. The zero-order valence-electron chi connectivity index (χ0n) is 18.6. The first-order chi connectivity index (χ1) is 12.8. The van der Waals surface area contributed by atoms with Crippen LogP contribution in [0.3, 0.4) is 0 Å². The lowest BCUT2D eigenvalue weighted by Gasteiger charge is -2.52. The molecule has 0 spiro atoms. The largest absolute Gasteiger partial charge is 0.378 e. The molecule has 2 fully saturated rings. The Morgan fingerprint density at radius 3 is 2.57 bits per heavy atom. The molecule has 2 rings (SSSR count). The summed E-state index contributed by atoms with van der Waals surface area (Å²) in [7, 11) is 0. The molecule has 0 radical (unpaired) electrons. The molecule has 0 aromatic carbocycles. The van der Waals surface area contributed by atoms with Gasteiger partial charge in [-0.3, -0.25) is 9.79 Å². The van der Waals surface area contributed by atoms with Crippen LogP contribution >= 0.6 is 24.0 Å². The van der Waals surface area contributed by atoms with E-state index in [-0.39, 0.29) is 47.3 Å². The predicted octanol–water partition coefficient (Wildman–Crippen LogP) is 3.40. The lowest BCUT2D eigenvalue weighted by atomic mass is 9.64. The van der Waals surface area contributed by atoms with Gasteiger partial charge >= 0.3 is 0 Å². The van der Waals surface area contributed by atoms with Crippen LogP contribution < -0.4 is 10.6 Å². The standard InChI is InChI=1S/C21H40N4O2.HI/c1-7-9-12-27-18-13-17(21(18,5)6)24-20(22-8-2)23-16-10-11-25(14-16)19(26)15(3)4;/h15-18H,7-14H2,1-6H3,(H2,22,23,24);1H. The zero-order chi connectivity index (χ0) is 20.0. The number of hydrogen-bond donors (Lipinski definition) is 2. The molecule has 1 saturated carbocycles. The molecule has 3 atom stereocenters. The molecule has 3 unspecified atom stereocenters. The minimum absolute atomic E-state index is 0. The average molecular weight is 508 g/mol. The van der Waals surface area contributed by atoms with E-state index in [9.17, 15) is 4.79 Å². The molecule has 2 aliphatic rings. The summed E-state index contributed by atoms with van der Waals surface area (Å²) in [4.78, 5) is 18.8. The molecule has 164 valence electrons. The number of aliphatic imine (C=N–C) groups is 1. The predicted molar refractivity (Wildman–Crippen MR) is 126 cm³/mol. The van der Waals surface area contributed by atoms with E-state index in [0.717, 1.165) is 51.5 Å². The lowest BCUT2D eigenvalue weighted by Crippen LogP contribution is -2.64. The van der Waals surface area contributed by atoms with Crippen LogP contribution in [-0.2, 0) is 9.53 Å². The number of rotatable bonds is 8. The van der Waals surface area contributed by atoms with E-state index in [4.69, 9.17) is 4.74 Å². The van der Waals surface area contributed by atoms with Crippen molar-refractivity contribution in [2.24, 2.45) is 16.3 Å². The highest BCUT2D eigenvalue weighted by Gasteiger charge is 2.49. The quantitative estimate of drug-likeness (QED) is 0.228. The third kappa shape index (κ3) is 6.47. The van der Waals surface area contributed by atoms with Crippen molar-refractivity contribution in [1.82, 2.24) is 15.5 Å². The highest BCUT2D eigenvalue weighted by molar-refractivity contribution is 14.0. The molecule has 1 saturated heterocycles. The minimum Gasteiger partial charge on any atom is -0.378 e. The van der Waals surface area contributed by atoms with Gasteiger partial charge < -0.3 is 20.3 Å². The molecule has 0 aromatic rings. The van der Waals surface area contributed by atoms with Crippen molar-refractivity contribution in [2.75, 3.05) is 26.2 Å². The third-order valence-corrected chi connectivity index (χ3v) is 5.96. The van der Waals surface area contributed by atoms with Crippen LogP contribution in [0.15, 0.2) is 4.99 Å². The van der Waals surface area contributed by atoms with E-state index in [0.29, 0.717) is 12.1 Å². The molecule has 6 nitrogen and oxygen atoms in total. The fraction of sp³-hybridized carbons (Fsp3) is 0.905. The molecule has 0 bridgehead atoms. The SMILES string of the molecule is CCCCOC1CC(NC(=NCC)NC2CCN(C(=O)C(C)C)C2)C1(C)C.I. The van der Waals surface area contributed by atoms with Gasteiger partial charge in [0.05, 0.1) is 6.10 Å². The van der Waals surface area contributed by atoms with Gasteiger partial charge in [-0.2, -0.15) is 0 Å². The van der Waals surface area contributed by atoms with E-state index in [1.54, 1.807) is 0 Å². The Labute approximate surface area is 188 Å². The smallest absolute Gasteiger partial charge is 0.225 e. The first-order valence-electron chi connectivity index (χ1n) is 10.8. The Morgan fingerprint density at radius 2 is 2.00 bits per heavy atom. The highest BCUT2D eigenvalue weighted by Crippen LogP contribution is 2.42. The van der Waals surface area contributed by atoms with Gasteiger partial charge in [-0.15, -0.1) is 24.0 Å². The summed E-state index contributed by atoms with van der Waals surface area (Å²) in [5, 5.41) is 7.16. The molecule has 28 heavy (non-hydrogen) atoms. The Balaban J connectivity index is 0.00000392. The number of guanidine groups is 1. The van der Waals surface area contributed by atoms with Crippen LogP contribution in [0.5, 0.6) is 0 Å². The average Bonchev–Trinajstić information content (AvgIpc) is 3.08. The number of nitrogens with zero attached hydrogens (tertiary/aromatic N) is 2. The second-order valence-corrected chi connectivity index (χ2v) is 8.86. The number of halogens is 1. The number of ether oxygens (including phenoxy) is 1. The maximum absolute atomic E-state index is 12.2. The number of carbonyl (C=O) groups excluding carboxylic acids is 1. The van der Waals surface area contributed by atoms with Gasteiger partial charge in [0.15, 0.2) is 5.96 Å². The van der Waals surface area contributed by atoms with E-state index in [1.165, 1.54) is 6.42 Å². The van der Waals surface area contributed by atoms with Crippen LogP contribution in [0.1, 0.15) is 67.2 Å². The molecular weight excluding hydrogens is 467 g/mol. The molecular formula is C21H41IN4O2. The van der Waals surface area contributed by atoms with Crippen LogP contribution in [0.4, 0.5) is 0 Å². The topological polar surface area (TPSA) is 66.0 Å². The van der Waals surface area contributed by atoms with E-state index in [2.05, 4.69) is 43.3 Å². The summed E-state index contributed by atoms with van der Waals surface area (Å²) in [6, 6.07) is 0.627. The summed E-state index contributed by atoms with van der Waals surface area (Å²) >= 11 is 0. The minimum atomic E-state index is 0. The number of likely N-dealkylation sites (tertiary alicyclic amines) is 1. The zero-order valence-corrected chi connectivity index (χ0v) is 20.9. The number of amides is 1. The monoisotopic (exact) mass is 508 g/mol. The van der Waals surface area contributed by atoms with Crippen LogP contribution in [0, 0.1) is 11.3 Å². The van der Waals surface area contributed by atoms with Gasteiger partial charge in [0.2, 0.25) is 5.91 Å². The first kappa shape index (κ1) is 25.5. The van der Waals surface area contributed by atoms with E-state index < -0.39 is 0 Å². The number of unbranched alkanes of at least 4 members (excludes halogenated alkanes) is 1. The van der Waals surface area contributed by atoms with Gasteiger partial charge in [-0.1, -0.05) is 41.0 Å². The van der Waals surface area contributed by atoms with Crippen molar-refractivity contribution in [3.63, 3.8) is 0 Å². The van der Waals surface area contributed by atoms with Gasteiger partial charge in [0, 0.05) is 49.7 Å². The van der Waals surface area contributed by atoms with Crippen molar-refractivity contribution >= 4 is 35.8 Å². The van der Waals surface area contributed by atoms with Crippen molar-refractivity contribution in [3.8, 4) is 0 Å². The Kier molecular flexibility index (Phi) is 10.5. The molecule has 1 amide bonds. The van der Waals surface area contributed by atoms with Gasteiger partial charge in [0.25, 0.3) is 0 Å². The maximum atomic E-state index is 12.2. The van der Waals surface area contributed by atoms with Gasteiger partial charge in [0.1, 0.15) is 0 Å². The maximum Gasteiger partial charge on any atom is 0.225 e. The number of nitrogens with one attached hydrogen (secondary N) is 2. The Hall–Kier alpha value is -0.570. The molecule has 2 N–H and O–H groups in total. The first-order valence-corrected chi connectivity index (χ1v) is 10.8. The molecule has 1 aliphatic carbocycles. The van der Waals surface area contributed by atoms with Crippen LogP contribution in [0.2, 0.25) is 0 Å². The van der Waals surface area contributed by atoms with E-state index >= 15 is 0 Å². The molecule has 7 heteroatoms. The Bertz CT molecular complexity index is 525. The van der Waals surface area contributed by atoms with Crippen molar-refractivity contribution in [2.45, 2.75) is 85.4 Å². The fourth-order valence-electron chi connectivity index (χ4n) is 3.88. The normalized spacial score (nSPS) is 26.6. The van der Waals surface area contributed by atoms with Crippen molar-refractivity contribution in [1.29, 1.82) is 0 Å². The van der Waals surface area contributed by atoms with Crippen molar-refractivity contribution < 1.29 is 9.53 Å².